The lowest BCUT2D eigenvalue weighted by Crippen LogP contribution is -2.40. The summed E-state index contributed by atoms with van der Waals surface area (Å²) in [6.07, 6.45) is 1.81. The minimum Gasteiger partial charge on any atom is -0.468 e. The van der Waals surface area contributed by atoms with Crippen LogP contribution in [0.25, 0.3) is 0 Å². The molecule has 0 spiro atoms. The molecule has 0 radical (unpaired) electrons. The average molecular weight is 202 g/mol. The van der Waals surface area contributed by atoms with Gasteiger partial charge >= 0.3 is 5.97 Å². The van der Waals surface area contributed by atoms with Crippen molar-refractivity contribution in [2.45, 2.75) is 25.8 Å². The number of nitrogens with zero attached hydrogens (tertiary/aromatic N) is 1. The van der Waals surface area contributed by atoms with Crippen molar-refractivity contribution < 1.29 is 9.53 Å². The number of methoxy groups -OCH3 is 1. The van der Waals surface area contributed by atoms with Crippen LogP contribution in [0.15, 0.2) is 0 Å². The first kappa shape index (κ1) is 13.4. The van der Waals surface area contributed by atoms with Gasteiger partial charge in [-0.1, -0.05) is 13.3 Å². The molecule has 0 saturated carbocycles. The average Bonchev–Trinajstić information content (AvgIpc) is 2.15. The zero-order chi connectivity index (χ0) is 11.0. The van der Waals surface area contributed by atoms with Gasteiger partial charge in [0.2, 0.25) is 0 Å². The summed E-state index contributed by atoms with van der Waals surface area (Å²) >= 11 is 0. The van der Waals surface area contributed by atoms with E-state index in [1.54, 1.807) is 0 Å². The fourth-order valence-electron chi connectivity index (χ4n) is 1.20. The van der Waals surface area contributed by atoms with Crippen molar-refractivity contribution in [1.29, 1.82) is 0 Å². The fraction of sp³-hybridized carbons (Fsp3) is 0.900. The van der Waals surface area contributed by atoms with Crippen molar-refractivity contribution >= 4 is 5.97 Å². The molecule has 0 rings (SSSR count). The molecule has 0 aromatic carbocycles. The van der Waals surface area contributed by atoms with Crippen LogP contribution in [0.2, 0.25) is 0 Å². The Hall–Kier alpha value is -0.610. The van der Waals surface area contributed by atoms with Crippen molar-refractivity contribution in [3.63, 3.8) is 0 Å². The molecule has 1 N–H and O–H groups in total. The maximum absolute atomic E-state index is 11.3. The largest absolute Gasteiger partial charge is 0.468 e. The molecular formula is C10H22N2O2. The van der Waals surface area contributed by atoms with Gasteiger partial charge in [0, 0.05) is 13.1 Å². The van der Waals surface area contributed by atoms with Gasteiger partial charge in [-0.15, -0.1) is 0 Å². The summed E-state index contributed by atoms with van der Waals surface area (Å²) in [5, 5.41) is 3.19. The van der Waals surface area contributed by atoms with Gasteiger partial charge in [0.25, 0.3) is 0 Å². The molecule has 4 heteroatoms. The lowest BCUT2D eigenvalue weighted by Gasteiger charge is -2.17. The molecule has 0 fully saturated rings. The van der Waals surface area contributed by atoms with E-state index in [0.29, 0.717) is 0 Å². The molecule has 1 unspecified atom stereocenters. The first-order valence-electron chi connectivity index (χ1n) is 5.07. The highest BCUT2D eigenvalue weighted by Crippen LogP contribution is 1.98. The molecule has 0 aromatic rings. The van der Waals surface area contributed by atoms with Gasteiger partial charge in [-0.05, 0) is 20.5 Å². The first-order chi connectivity index (χ1) is 6.61. The Morgan fingerprint density at radius 2 is 2.14 bits per heavy atom. The van der Waals surface area contributed by atoms with Gasteiger partial charge in [0.05, 0.1) is 7.11 Å². The number of nitrogens with one attached hydrogen (secondary N) is 1. The first-order valence-corrected chi connectivity index (χ1v) is 5.07. The van der Waals surface area contributed by atoms with Crippen molar-refractivity contribution in [1.82, 2.24) is 10.2 Å². The Bertz CT molecular complexity index is 160. The Morgan fingerprint density at radius 1 is 1.50 bits per heavy atom. The van der Waals surface area contributed by atoms with Gasteiger partial charge in [-0.3, -0.25) is 4.79 Å². The van der Waals surface area contributed by atoms with Crippen LogP contribution < -0.4 is 5.32 Å². The Labute approximate surface area is 86.6 Å². The highest BCUT2D eigenvalue weighted by atomic mass is 16.5. The number of ether oxygens (including phenoxy) is 1. The van der Waals surface area contributed by atoms with Gasteiger partial charge in [-0.2, -0.15) is 0 Å². The van der Waals surface area contributed by atoms with Crippen LogP contribution in [0.4, 0.5) is 0 Å². The van der Waals surface area contributed by atoms with E-state index < -0.39 is 0 Å². The maximum Gasteiger partial charge on any atom is 0.322 e. The predicted octanol–water partition coefficient (Wildman–Crippen LogP) is 0.479. The normalized spacial score (nSPS) is 12.9. The van der Waals surface area contributed by atoms with Crippen LogP contribution in [0.3, 0.4) is 0 Å². The molecule has 0 aliphatic carbocycles. The van der Waals surface area contributed by atoms with Crippen LogP contribution in [0.5, 0.6) is 0 Å². The van der Waals surface area contributed by atoms with Crippen LogP contribution in [-0.2, 0) is 9.53 Å². The standard InChI is InChI=1S/C10H22N2O2/c1-5-6-9(10(13)14-4)11-7-8-12(2)3/h9,11H,5-8H2,1-4H3. The second-order valence-electron chi connectivity index (χ2n) is 3.62. The quantitative estimate of drug-likeness (QED) is 0.610. The molecule has 0 saturated heterocycles. The lowest BCUT2D eigenvalue weighted by atomic mass is 10.1. The Balaban J connectivity index is 3.78. The summed E-state index contributed by atoms with van der Waals surface area (Å²) in [4.78, 5) is 13.4. The zero-order valence-corrected chi connectivity index (χ0v) is 9.67. The van der Waals surface area contributed by atoms with E-state index in [0.717, 1.165) is 25.9 Å². The molecule has 1 atom stereocenters. The smallest absolute Gasteiger partial charge is 0.322 e. The summed E-state index contributed by atoms with van der Waals surface area (Å²) in [5.74, 6) is -0.161. The maximum atomic E-state index is 11.3. The minimum absolute atomic E-state index is 0.148. The molecule has 0 aliphatic rings. The van der Waals surface area contributed by atoms with Gasteiger partial charge in [0.1, 0.15) is 6.04 Å². The third-order valence-electron chi connectivity index (χ3n) is 2.01. The summed E-state index contributed by atoms with van der Waals surface area (Å²) in [6.45, 7) is 3.80. The van der Waals surface area contributed by atoms with Crippen molar-refractivity contribution in [3.8, 4) is 0 Å². The number of hydrogen-bond donors (Lipinski definition) is 1. The molecule has 0 aromatic heterocycles. The molecule has 0 bridgehead atoms. The topological polar surface area (TPSA) is 41.6 Å². The number of likely N-dealkylation sites (N-methyl/N-ethyl adjacent to an activating group) is 1. The van der Waals surface area contributed by atoms with E-state index in [1.165, 1.54) is 7.11 Å². The minimum atomic E-state index is -0.161. The van der Waals surface area contributed by atoms with E-state index in [9.17, 15) is 4.79 Å². The van der Waals surface area contributed by atoms with Crippen molar-refractivity contribution in [3.05, 3.63) is 0 Å². The molecule has 14 heavy (non-hydrogen) atoms. The second-order valence-corrected chi connectivity index (χ2v) is 3.62. The summed E-state index contributed by atoms with van der Waals surface area (Å²) in [6, 6.07) is -0.148. The predicted molar refractivity (Wildman–Crippen MR) is 57.3 cm³/mol. The molecule has 4 nitrogen and oxygen atoms in total. The van der Waals surface area contributed by atoms with Gasteiger partial charge < -0.3 is 15.0 Å². The molecule has 0 aliphatic heterocycles. The highest BCUT2D eigenvalue weighted by molar-refractivity contribution is 5.75. The van der Waals surface area contributed by atoms with Gasteiger partial charge in [-0.25, -0.2) is 0 Å². The molecular weight excluding hydrogens is 180 g/mol. The van der Waals surface area contributed by atoms with E-state index in [2.05, 4.69) is 17.1 Å². The third kappa shape index (κ3) is 5.94. The highest BCUT2D eigenvalue weighted by Gasteiger charge is 2.16. The van der Waals surface area contributed by atoms with Crippen LogP contribution in [0.1, 0.15) is 19.8 Å². The lowest BCUT2D eigenvalue weighted by molar-refractivity contribution is -0.143. The number of rotatable bonds is 7. The van der Waals surface area contributed by atoms with Crippen LogP contribution >= 0.6 is 0 Å². The monoisotopic (exact) mass is 202 g/mol. The summed E-state index contributed by atoms with van der Waals surface area (Å²) in [5.41, 5.74) is 0. The Kier molecular flexibility index (Phi) is 7.42. The number of carbonyl (C=O) groups excluding carboxylic acids is 1. The number of esters is 1. The number of carbonyl (C=O) groups is 1. The van der Waals surface area contributed by atoms with E-state index in [1.807, 2.05) is 14.1 Å². The van der Waals surface area contributed by atoms with Gasteiger partial charge in [0.15, 0.2) is 0 Å². The van der Waals surface area contributed by atoms with Crippen molar-refractivity contribution in [2.75, 3.05) is 34.3 Å². The SMILES string of the molecule is CCCC(NCCN(C)C)C(=O)OC. The molecule has 0 heterocycles. The van der Waals surface area contributed by atoms with Crippen LogP contribution in [0, 0.1) is 0 Å². The van der Waals surface area contributed by atoms with E-state index in [-0.39, 0.29) is 12.0 Å². The second kappa shape index (κ2) is 7.76. The fourth-order valence-corrected chi connectivity index (χ4v) is 1.20. The van der Waals surface area contributed by atoms with E-state index in [4.69, 9.17) is 4.74 Å². The van der Waals surface area contributed by atoms with Crippen molar-refractivity contribution in [2.24, 2.45) is 0 Å². The molecule has 84 valence electrons. The Morgan fingerprint density at radius 3 is 2.57 bits per heavy atom. The third-order valence-corrected chi connectivity index (χ3v) is 2.01. The molecule has 0 amide bonds. The zero-order valence-electron chi connectivity index (χ0n) is 9.67. The number of hydrogen-bond acceptors (Lipinski definition) is 4. The van der Waals surface area contributed by atoms with Crippen LogP contribution in [-0.4, -0.2) is 51.2 Å². The summed E-state index contributed by atoms with van der Waals surface area (Å²) in [7, 11) is 5.45. The van der Waals surface area contributed by atoms with E-state index >= 15 is 0 Å². The summed E-state index contributed by atoms with van der Waals surface area (Å²) < 4.78 is 4.71.